The summed E-state index contributed by atoms with van der Waals surface area (Å²) in [5, 5.41) is 1.41. The molecule has 6 heteroatoms. The van der Waals surface area contributed by atoms with Crippen LogP contribution < -0.4 is 9.47 Å². The van der Waals surface area contributed by atoms with E-state index in [2.05, 4.69) is 0 Å². The van der Waals surface area contributed by atoms with Crippen molar-refractivity contribution in [2.24, 2.45) is 0 Å². The maximum Gasteiger partial charge on any atom is 0.289 e. The average molecular weight is 374 g/mol. The van der Waals surface area contributed by atoms with E-state index in [1.54, 1.807) is 50.4 Å². The summed E-state index contributed by atoms with van der Waals surface area (Å²) < 4.78 is 16.3. The van der Waals surface area contributed by atoms with Gasteiger partial charge < -0.3 is 18.8 Å². The monoisotopic (exact) mass is 373 g/mol. The standard InChI is InChI=1S/C20H20ClNO4/c1-12-7-17(24-3)18(25-4)10-14(12)11-22(2)20(23)19-9-13-8-15(21)5-6-16(13)26-19/h5-10H,11H2,1-4H3. The van der Waals surface area contributed by atoms with Crippen LogP contribution in [0.15, 0.2) is 40.8 Å². The lowest BCUT2D eigenvalue weighted by Gasteiger charge is -2.19. The van der Waals surface area contributed by atoms with E-state index in [0.29, 0.717) is 28.6 Å². The Morgan fingerprint density at radius 1 is 1.12 bits per heavy atom. The highest BCUT2D eigenvalue weighted by Gasteiger charge is 2.19. The fraction of sp³-hybridized carbons (Fsp3) is 0.250. The summed E-state index contributed by atoms with van der Waals surface area (Å²) in [6, 6.07) is 10.8. The van der Waals surface area contributed by atoms with Gasteiger partial charge in [-0.05, 0) is 54.4 Å². The zero-order valence-corrected chi connectivity index (χ0v) is 15.9. The van der Waals surface area contributed by atoms with Gasteiger partial charge in [0.15, 0.2) is 17.3 Å². The van der Waals surface area contributed by atoms with Gasteiger partial charge in [0.2, 0.25) is 0 Å². The minimum absolute atomic E-state index is 0.202. The molecule has 0 radical (unpaired) electrons. The van der Waals surface area contributed by atoms with E-state index in [-0.39, 0.29) is 11.7 Å². The third-order valence-corrected chi connectivity index (χ3v) is 4.52. The molecule has 0 N–H and O–H groups in total. The van der Waals surface area contributed by atoms with Crippen molar-refractivity contribution < 1.29 is 18.7 Å². The Kier molecular flexibility index (Phi) is 5.09. The highest BCUT2D eigenvalue weighted by molar-refractivity contribution is 6.31. The lowest BCUT2D eigenvalue weighted by atomic mass is 10.1. The maximum atomic E-state index is 12.7. The number of fused-ring (bicyclic) bond motifs is 1. The van der Waals surface area contributed by atoms with E-state index in [4.69, 9.17) is 25.5 Å². The van der Waals surface area contributed by atoms with Crippen LogP contribution in [-0.4, -0.2) is 32.1 Å². The van der Waals surface area contributed by atoms with Crippen molar-refractivity contribution in [1.82, 2.24) is 4.90 Å². The van der Waals surface area contributed by atoms with Gasteiger partial charge in [0.25, 0.3) is 5.91 Å². The number of methoxy groups -OCH3 is 2. The fourth-order valence-electron chi connectivity index (χ4n) is 2.83. The smallest absolute Gasteiger partial charge is 0.289 e. The lowest BCUT2D eigenvalue weighted by molar-refractivity contribution is 0.0755. The number of halogens is 1. The molecule has 136 valence electrons. The first-order chi connectivity index (χ1) is 12.4. The summed E-state index contributed by atoms with van der Waals surface area (Å²) in [6.45, 7) is 2.39. The predicted octanol–water partition coefficient (Wildman–Crippen LogP) is 4.68. The summed E-state index contributed by atoms with van der Waals surface area (Å²) in [5.41, 5.74) is 2.62. The SMILES string of the molecule is COc1cc(C)c(CN(C)C(=O)c2cc3cc(Cl)ccc3o2)cc1OC. The number of hydrogen-bond donors (Lipinski definition) is 0. The second-order valence-electron chi connectivity index (χ2n) is 6.09. The number of carbonyl (C=O) groups is 1. The predicted molar refractivity (Wildman–Crippen MR) is 101 cm³/mol. The Morgan fingerprint density at radius 2 is 1.81 bits per heavy atom. The Balaban J connectivity index is 1.84. The number of nitrogens with zero attached hydrogens (tertiary/aromatic N) is 1. The molecule has 1 amide bonds. The van der Waals surface area contributed by atoms with E-state index in [1.807, 2.05) is 19.1 Å². The van der Waals surface area contributed by atoms with Gasteiger partial charge in [-0.1, -0.05) is 11.6 Å². The first kappa shape index (κ1) is 18.1. The lowest BCUT2D eigenvalue weighted by Crippen LogP contribution is -2.26. The summed E-state index contributed by atoms with van der Waals surface area (Å²) in [4.78, 5) is 14.3. The normalized spacial score (nSPS) is 10.8. The Bertz CT molecular complexity index is 964. The molecule has 3 aromatic rings. The maximum absolute atomic E-state index is 12.7. The van der Waals surface area contributed by atoms with Crippen LogP contribution in [0.3, 0.4) is 0 Å². The van der Waals surface area contributed by atoms with Crippen molar-refractivity contribution in [2.75, 3.05) is 21.3 Å². The number of aryl methyl sites for hydroxylation is 1. The van der Waals surface area contributed by atoms with Crippen LogP contribution in [0.5, 0.6) is 11.5 Å². The number of benzene rings is 2. The highest BCUT2D eigenvalue weighted by atomic mass is 35.5. The van der Waals surface area contributed by atoms with Crippen LogP contribution in [-0.2, 0) is 6.54 Å². The molecule has 1 aromatic heterocycles. The minimum atomic E-state index is -0.202. The molecule has 26 heavy (non-hydrogen) atoms. The molecule has 0 spiro atoms. The summed E-state index contributed by atoms with van der Waals surface area (Å²) in [7, 11) is 4.92. The molecule has 3 rings (SSSR count). The van der Waals surface area contributed by atoms with E-state index in [1.165, 1.54) is 0 Å². The number of rotatable bonds is 5. The molecule has 0 saturated heterocycles. The quantitative estimate of drug-likeness (QED) is 0.651. The topological polar surface area (TPSA) is 51.9 Å². The molecule has 0 aliphatic rings. The molecule has 2 aromatic carbocycles. The van der Waals surface area contributed by atoms with Gasteiger partial charge in [-0.15, -0.1) is 0 Å². The molecule has 0 aliphatic heterocycles. The van der Waals surface area contributed by atoms with Crippen molar-refractivity contribution in [2.45, 2.75) is 13.5 Å². The number of hydrogen-bond acceptors (Lipinski definition) is 4. The van der Waals surface area contributed by atoms with Crippen LogP contribution in [0.2, 0.25) is 5.02 Å². The summed E-state index contributed by atoms with van der Waals surface area (Å²) in [6.07, 6.45) is 0. The molecular formula is C20H20ClNO4. The molecular weight excluding hydrogens is 354 g/mol. The largest absolute Gasteiger partial charge is 0.493 e. The van der Waals surface area contributed by atoms with Crippen LogP contribution in [0.1, 0.15) is 21.7 Å². The minimum Gasteiger partial charge on any atom is -0.493 e. The summed E-state index contributed by atoms with van der Waals surface area (Å²) >= 11 is 5.99. The van der Waals surface area contributed by atoms with Crippen LogP contribution in [0, 0.1) is 6.92 Å². The Labute approximate surface area is 157 Å². The van der Waals surface area contributed by atoms with Gasteiger partial charge in [0.05, 0.1) is 14.2 Å². The third kappa shape index (κ3) is 3.48. The van der Waals surface area contributed by atoms with Crippen LogP contribution in [0.25, 0.3) is 11.0 Å². The van der Waals surface area contributed by atoms with E-state index >= 15 is 0 Å². The second-order valence-corrected chi connectivity index (χ2v) is 6.52. The number of carbonyl (C=O) groups excluding carboxylic acids is 1. The zero-order chi connectivity index (χ0) is 18.8. The van der Waals surface area contributed by atoms with Crippen LogP contribution >= 0.6 is 11.6 Å². The van der Waals surface area contributed by atoms with Gasteiger partial charge in [-0.25, -0.2) is 0 Å². The molecule has 0 fully saturated rings. The highest BCUT2D eigenvalue weighted by Crippen LogP contribution is 2.31. The van der Waals surface area contributed by atoms with Crippen molar-refractivity contribution in [3.05, 3.63) is 58.3 Å². The van der Waals surface area contributed by atoms with Crippen molar-refractivity contribution in [1.29, 1.82) is 0 Å². The fourth-order valence-corrected chi connectivity index (χ4v) is 3.01. The molecule has 1 heterocycles. The van der Waals surface area contributed by atoms with Crippen molar-refractivity contribution in [3.8, 4) is 11.5 Å². The van der Waals surface area contributed by atoms with Crippen LogP contribution in [0.4, 0.5) is 0 Å². The molecule has 0 bridgehead atoms. The first-order valence-electron chi connectivity index (χ1n) is 8.09. The van der Waals surface area contributed by atoms with Gasteiger partial charge >= 0.3 is 0 Å². The van der Waals surface area contributed by atoms with Gasteiger partial charge in [0.1, 0.15) is 5.58 Å². The second kappa shape index (κ2) is 7.30. The molecule has 0 aliphatic carbocycles. The first-order valence-corrected chi connectivity index (χ1v) is 8.46. The molecule has 0 unspecified atom stereocenters. The molecule has 0 saturated carbocycles. The average Bonchev–Trinajstić information content (AvgIpc) is 3.05. The Morgan fingerprint density at radius 3 is 2.50 bits per heavy atom. The van der Waals surface area contributed by atoms with Gasteiger partial charge in [-0.3, -0.25) is 4.79 Å². The van der Waals surface area contributed by atoms with E-state index < -0.39 is 0 Å². The van der Waals surface area contributed by atoms with Crippen molar-refractivity contribution >= 4 is 28.5 Å². The third-order valence-electron chi connectivity index (χ3n) is 4.29. The summed E-state index contributed by atoms with van der Waals surface area (Å²) in [5.74, 6) is 1.37. The van der Waals surface area contributed by atoms with E-state index in [0.717, 1.165) is 16.5 Å². The number of amides is 1. The van der Waals surface area contributed by atoms with Crippen molar-refractivity contribution in [3.63, 3.8) is 0 Å². The Hall–Kier alpha value is -2.66. The number of ether oxygens (including phenoxy) is 2. The molecule has 5 nitrogen and oxygen atoms in total. The van der Waals surface area contributed by atoms with Gasteiger partial charge in [0, 0.05) is 24.0 Å². The number of furan rings is 1. The van der Waals surface area contributed by atoms with Gasteiger partial charge in [-0.2, -0.15) is 0 Å². The molecule has 0 atom stereocenters. The zero-order valence-electron chi connectivity index (χ0n) is 15.1. The van der Waals surface area contributed by atoms with E-state index in [9.17, 15) is 4.79 Å².